The van der Waals surface area contributed by atoms with Gasteiger partial charge >= 0.3 is 0 Å². The predicted molar refractivity (Wildman–Crippen MR) is 71.9 cm³/mol. The molecule has 1 heterocycles. The minimum atomic E-state index is -0.109. The number of rotatable bonds is 1. The summed E-state index contributed by atoms with van der Waals surface area (Å²) in [6, 6.07) is 0.408. The molecule has 2 aliphatic rings. The first-order chi connectivity index (χ1) is 7.89. The Balaban J connectivity index is 2.05. The van der Waals surface area contributed by atoms with Gasteiger partial charge in [-0.05, 0) is 49.5 Å². The topological polar surface area (TPSA) is 23.5 Å². The van der Waals surface area contributed by atoms with Crippen molar-refractivity contribution in [3.63, 3.8) is 0 Å². The average molecular weight is 239 g/mol. The molecule has 2 rings (SSSR count). The van der Waals surface area contributed by atoms with Crippen molar-refractivity contribution in [1.29, 1.82) is 0 Å². The molecule has 4 atom stereocenters. The number of piperidine rings is 1. The van der Waals surface area contributed by atoms with Crippen molar-refractivity contribution in [1.82, 2.24) is 4.90 Å². The Morgan fingerprint density at radius 3 is 2.47 bits per heavy atom. The normalized spacial score (nSPS) is 43.6. The molecule has 0 aromatic rings. The molecule has 2 nitrogen and oxygen atoms in total. The molecule has 1 aliphatic heterocycles. The Hall–Kier alpha value is -0.0800. The summed E-state index contributed by atoms with van der Waals surface area (Å²) in [4.78, 5) is 2.57. The first kappa shape index (κ1) is 13.4. The SMILES string of the molecule is CC1CC(C)C(N2CCCC(C)(C)C2)C(O)C1. The number of nitrogens with zero attached hydrogens (tertiary/aromatic N) is 1. The number of hydrogen-bond donors (Lipinski definition) is 1. The molecule has 0 spiro atoms. The molecule has 0 aromatic heterocycles. The second-order valence-electron chi connectivity index (χ2n) is 7.35. The molecule has 1 saturated heterocycles. The zero-order valence-electron chi connectivity index (χ0n) is 11.9. The van der Waals surface area contributed by atoms with Gasteiger partial charge in [-0.15, -0.1) is 0 Å². The smallest absolute Gasteiger partial charge is 0.0700 e. The van der Waals surface area contributed by atoms with E-state index in [2.05, 4.69) is 32.6 Å². The molecule has 0 bridgehead atoms. The highest BCUT2D eigenvalue weighted by molar-refractivity contribution is 4.93. The van der Waals surface area contributed by atoms with Crippen LogP contribution in [0.2, 0.25) is 0 Å². The van der Waals surface area contributed by atoms with E-state index in [1.54, 1.807) is 0 Å². The Morgan fingerprint density at radius 1 is 1.18 bits per heavy atom. The molecule has 1 saturated carbocycles. The van der Waals surface area contributed by atoms with Crippen LogP contribution >= 0.6 is 0 Å². The van der Waals surface area contributed by atoms with Gasteiger partial charge in [0.05, 0.1) is 6.10 Å². The fraction of sp³-hybridized carbons (Fsp3) is 1.00. The second kappa shape index (κ2) is 4.89. The number of likely N-dealkylation sites (tertiary alicyclic amines) is 1. The molecular weight excluding hydrogens is 210 g/mol. The molecular formula is C15H29NO. The molecule has 0 amide bonds. The Labute approximate surface area is 106 Å². The van der Waals surface area contributed by atoms with E-state index < -0.39 is 0 Å². The van der Waals surface area contributed by atoms with Crippen LogP contribution < -0.4 is 0 Å². The molecule has 1 aliphatic carbocycles. The van der Waals surface area contributed by atoms with Crippen LogP contribution in [0, 0.1) is 17.3 Å². The van der Waals surface area contributed by atoms with Crippen LogP contribution in [0.4, 0.5) is 0 Å². The largest absolute Gasteiger partial charge is 0.391 e. The van der Waals surface area contributed by atoms with Gasteiger partial charge in [0.25, 0.3) is 0 Å². The Kier molecular flexibility index (Phi) is 3.84. The summed E-state index contributed by atoms with van der Waals surface area (Å²) in [6.45, 7) is 11.7. The maximum Gasteiger partial charge on any atom is 0.0700 e. The number of aliphatic hydroxyl groups is 1. The van der Waals surface area contributed by atoms with Crippen LogP contribution in [0.15, 0.2) is 0 Å². The van der Waals surface area contributed by atoms with E-state index >= 15 is 0 Å². The average Bonchev–Trinajstić information content (AvgIpc) is 2.13. The van der Waals surface area contributed by atoms with Gasteiger partial charge in [0, 0.05) is 12.6 Å². The summed E-state index contributed by atoms with van der Waals surface area (Å²) in [7, 11) is 0. The van der Waals surface area contributed by atoms with Crippen molar-refractivity contribution < 1.29 is 5.11 Å². The summed E-state index contributed by atoms with van der Waals surface area (Å²) in [6.07, 6.45) is 4.78. The highest BCUT2D eigenvalue weighted by Crippen LogP contribution is 2.37. The van der Waals surface area contributed by atoms with E-state index in [0.29, 0.717) is 23.3 Å². The van der Waals surface area contributed by atoms with Gasteiger partial charge in [-0.3, -0.25) is 4.90 Å². The van der Waals surface area contributed by atoms with Crippen molar-refractivity contribution in [3.05, 3.63) is 0 Å². The molecule has 2 fully saturated rings. The first-order valence-corrected chi connectivity index (χ1v) is 7.31. The van der Waals surface area contributed by atoms with Crippen molar-refractivity contribution in [2.75, 3.05) is 13.1 Å². The Morgan fingerprint density at radius 2 is 1.88 bits per heavy atom. The lowest BCUT2D eigenvalue weighted by Gasteiger charge is -2.48. The van der Waals surface area contributed by atoms with Crippen molar-refractivity contribution >= 4 is 0 Å². The number of aliphatic hydroxyl groups excluding tert-OH is 1. The fourth-order valence-corrected chi connectivity index (χ4v) is 4.13. The highest BCUT2D eigenvalue weighted by Gasteiger charge is 2.39. The summed E-state index contributed by atoms with van der Waals surface area (Å²) in [5, 5.41) is 10.4. The van der Waals surface area contributed by atoms with E-state index in [1.165, 1.54) is 25.8 Å². The van der Waals surface area contributed by atoms with Crippen LogP contribution in [-0.2, 0) is 0 Å². The lowest BCUT2D eigenvalue weighted by molar-refractivity contribution is -0.0498. The van der Waals surface area contributed by atoms with Gasteiger partial charge in [-0.2, -0.15) is 0 Å². The zero-order valence-corrected chi connectivity index (χ0v) is 11.9. The molecule has 4 unspecified atom stereocenters. The minimum absolute atomic E-state index is 0.109. The van der Waals surface area contributed by atoms with Crippen LogP contribution in [-0.4, -0.2) is 35.2 Å². The van der Waals surface area contributed by atoms with E-state index in [0.717, 1.165) is 13.0 Å². The predicted octanol–water partition coefficient (Wildman–Crippen LogP) is 2.90. The standard InChI is InChI=1S/C15H29NO/c1-11-8-12(2)14(13(17)9-11)16-7-5-6-15(3,4)10-16/h11-14,17H,5-10H2,1-4H3. The van der Waals surface area contributed by atoms with Gasteiger partial charge in [-0.1, -0.05) is 27.7 Å². The fourth-order valence-electron chi connectivity index (χ4n) is 4.13. The van der Waals surface area contributed by atoms with Crippen molar-refractivity contribution in [3.8, 4) is 0 Å². The van der Waals surface area contributed by atoms with E-state index in [9.17, 15) is 5.11 Å². The van der Waals surface area contributed by atoms with E-state index in [1.807, 2.05) is 0 Å². The Bertz CT molecular complexity index is 252. The van der Waals surface area contributed by atoms with Gasteiger partial charge in [0.15, 0.2) is 0 Å². The highest BCUT2D eigenvalue weighted by atomic mass is 16.3. The summed E-state index contributed by atoms with van der Waals surface area (Å²) in [5.74, 6) is 1.33. The summed E-state index contributed by atoms with van der Waals surface area (Å²) in [5.41, 5.74) is 0.431. The molecule has 17 heavy (non-hydrogen) atoms. The summed E-state index contributed by atoms with van der Waals surface area (Å²) < 4.78 is 0. The van der Waals surface area contributed by atoms with Gasteiger partial charge in [-0.25, -0.2) is 0 Å². The maximum atomic E-state index is 10.4. The number of hydrogen-bond acceptors (Lipinski definition) is 2. The first-order valence-electron chi connectivity index (χ1n) is 7.31. The molecule has 0 radical (unpaired) electrons. The molecule has 2 heteroatoms. The molecule has 1 N–H and O–H groups in total. The van der Waals surface area contributed by atoms with Gasteiger partial charge in [0.1, 0.15) is 0 Å². The zero-order chi connectivity index (χ0) is 12.6. The summed E-state index contributed by atoms with van der Waals surface area (Å²) >= 11 is 0. The second-order valence-corrected chi connectivity index (χ2v) is 7.35. The lowest BCUT2D eigenvalue weighted by atomic mass is 9.75. The van der Waals surface area contributed by atoms with Crippen LogP contribution in [0.3, 0.4) is 0 Å². The minimum Gasteiger partial charge on any atom is -0.391 e. The molecule has 100 valence electrons. The third-order valence-corrected chi connectivity index (χ3v) is 4.75. The quantitative estimate of drug-likeness (QED) is 0.760. The van der Waals surface area contributed by atoms with Crippen LogP contribution in [0.5, 0.6) is 0 Å². The van der Waals surface area contributed by atoms with E-state index in [4.69, 9.17) is 0 Å². The van der Waals surface area contributed by atoms with Crippen molar-refractivity contribution in [2.24, 2.45) is 17.3 Å². The third-order valence-electron chi connectivity index (χ3n) is 4.75. The van der Waals surface area contributed by atoms with Crippen molar-refractivity contribution in [2.45, 2.75) is 65.5 Å². The van der Waals surface area contributed by atoms with Crippen LogP contribution in [0.25, 0.3) is 0 Å². The monoisotopic (exact) mass is 239 g/mol. The van der Waals surface area contributed by atoms with Gasteiger partial charge in [0.2, 0.25) is 0 Å². The maximum absolute atomic E-state index is 10.4. The third kappa shape index (κ3) is 3.03. The van der Waals surface area contributed by atoms with Crippen LogP contribution in [0.1, 0.15) is 53.4 Å². The van der Waals surface area contributed by atoms with E-state index in [-0.39, 0.29) is 6.10 Å². The lowest BCUT2D eigenvalue weighted by Crippen LogP contribution is -2.55. The molecule has 0 aromatic carbocycles. The van der Waals surface area contributed by atoms with Gasteiger partial charge < -0.3 is 5.11 Å².